The number of nitrogens with one attached hydrogen (secondary N) is 2. The summed E-state index contributed by atoms with van der Waals surface area (Å²) in [5.74, 6) is -0.134. The van der Waals surface area contributed by atoms with Crippen LogP contribution in [0, 0.1) is 6.92 Å². The van der Waals surface area contributed by atoms with E-state index in [0.29, 0.717) is 23.4 Å². The number of benzene rings is 1. The van der Waals surface area contributed by atoms with Crippen LogP contribution in [0.25, 0.3) is 11.0 Å². The second kappa shape index (κ2) is 9.37. The Hall–Kier alpha value is -3.94. The number of carbonyl (C=O) groups is 2. The van der Waals surface area contributed by atoms with Crippen LogP contribution >= 0.6 is 0 Å². The van der Waals surface area contributed by atoms with E-state index in [1.807, 2.05) is 35.9 Å². The van der Waals surface area contributed by atoms with Crippen molar-refractivity contribution >= 4 is 28.5 Å². The van der Waals surface area contributed by atoms with Crippen molar-refractivity contribution in [2.24, 2.45) is 0 Å². The molecule has 0 saturated heterocycles. The van der Waals surface area contributed by atoms with Crippen molar-refractivity contribution in [3.63, 3.8) is 0 Å². The second-order valence-corrected chi connectivity index (χ2v) is 9.93. The van der Waals surface area contributed by atoms with Gasteiger partial charge in [-0.3, -0.25) is 9.59 Å². The number of amides is 2. The van der Waals surface area contributed by atoms with Gasteiger partial charge in [-0.25, -0.2) is 9.67 Å². The summed E-state index contributed by atoms with van der Waals surface area (Å²) >= 11 is 0. The number of carbonyl (C=O) groups excluding carboxylic acids is 2. The maximum Gasteiger partial charge on any atom is 0.291 e. The molecule has 4 rings (SSSR count). The molecule has 4 aromatic rings. The summed E-state index contributed by atoms with van der Waals surface area (Å²) in [6.07, 6.45) is 1.45. The molecule has 182 valence electrons. The summed E-state index contributed by atoms with van der Waals surface area (Å²) in [6.45, 7) is 12.5. The van der Waals surface area contributed by atoms with E-state index in [2.05, 4.69) is 45.3 Å². The van der Waals surface area contributed by atoms with Gasteiger partial charge in [0.2, 0.25) is 0 Å². The Labute approximate surface area is 204 Å². The summed E-state index contributed by atoms with van der Waals surface area (Å²) in [5.41, 5.74) is 4.09. The lowest BCUT2D eigenvalue weighted by Crippen LogP contribution is -2.25. The number of aromatic nitrogens is 3. The predicted octanol–water partition coefficient (Wildman–Crippen LogP) is 5.39. The van der Waals surface area contributed by atoms with E-state index < -0.39 is 0 Å². The molecule has 0 saturated carbocycles. The first-order valence-electron chi connectivity index (χ1n) is 11.7. The SMILES string of the molecule is Cc1nn(C(C)(C)C)c2nc(C(C)C)cc(C(=O)NCc3cccc(NC(=O)c4ccco4)c3)c12. The number of rotatable bonds is 6. The third-order valence-corrected chi connectivity index (χ3v) is 5.69. The van der Waals surface area contributed by atoms with Gasteiger partial charge in [0.15, 0.2) is 11.4 Å². The zero-order valence-electron chi connectivity index (χ0n) is 21.0. The number of furan rings is 1. The van der Waals surface area contributed by atoms with Gasteiger partial charge in [0.25, 0.3) is 11.8 Å². The van der Waals surface area contributed by atoms with E-state index in [1.54, 1.807) is 18.2 Å². The summed E-state index contributed by atoms with van der Waals surface area (Å²) < 4.78 is 7.03. The molecule has 0 bridgehead atoms. The average Bonchev–Trinajstić information content (AvgIpc) is 3.45. The van der Waals surface area contributed by atoms with Crippen LogP contribution in [0.3, 0.4) is 0 Å². The van der Waals surface area contributed by atoms with E-state index in [-0.39, 0.29) is 29.0 Å². The van der Waals surface area contributed by atoms with Crippen molar-refractivity contribution in [1.82, 2.24) is 20.1 Å². The summed E-state index contributed by atoms with van der Waals surface area (Å²) in [5, 5.41) is 11.3. The molecule has 0 fully saturated rings. The highest BCUT2D eigenvalue weighted by Gasteiger charge is 2.25. The highest BCUT2D eigenvalue weighted by Crippen LogP contribution is 2.29. The van der Waals surface area contributed by atoms with Crippen molar-refractivity contribution < 1.29 is 14.0 Å². The van der Waals surface area contributed by atoms with E-state index in [0.717, 1.165) is 22.3 Å². The molecule has 0 aliphatic heterocycles. The molecule has 1 aromatic carbocycles. The zero-order chi connectivity index (χ0) is 25.3. The van der Waals surface area contributed by atoms with Gasteiger partial charge in [0.05, 0.1) is 28.4 Å². The molecule has 0 aliphatic carbocycles. The van der Waals surface area contributed by atoms with E-state index in [9.17, 15) is 9.59 Å². The Kier molecular flexibility index (Phi) is 6.47. The highest BCUT2D eigenvalue weighted by molar-refractivity contribution is 6.06. The van der Waals surface area contributed by atoms with Crippen LogP contribution in [-0.2, 0) is 12.1 Å². The minimum absolute atomic E-state index is 0.157. The monoisotopic (exact) mass is 473 g/mol. The normalized spacial score (nSPS) is 11.7. The van der Waals surface area contributed by atoms with Crippen LogP contribution in [0.15, 0.2) is 53.1 Å². The van der Waals surface area contributed by atoms with Crippen LogP contribution in [-0.4, -0.2) is 26.6 Å². The average molecular weight is 474 g/mol. The first-order chi connectivity index (χ1) is 16.5. The van der Waals surface area contributed by atoms with Crippen molar-refractivity contribution in [2.75, 3.05) is 5.32 Å². The number of fused-ring (bicyclic) bond motifs is 1. The minimum Gasteiger partial charge on any atom is -0.459 e. The van der Waals surface area contributed by atoms with Crippen molar-refractivity contribution in [2.45, 2.75) is 59.5 Å². The van der Waals surface area contributed by atoms with Crippen LogP contribution < -0.4 is 10.6 Å². The van der Waals surface area contributed by atoms with Crippen molar-refractivity contribution in [3.05, 3.63) is 77.0 Å². The molecule has 3 aromatic heterocycles. The molecular formula is C27H31N5O3. The van der Waals surface area contributed by atoms with E-state index in [1.165, 1.54) is 6.26 Å². The van der Waals surface area contributed by atoms with Gasteiger partial charge in [-0.05, 0) is 69.5 Å². The Morgan fingerprint density at radius 1 is 1.09 bits per heavy atom. The van der Waals surface area contributed by atoms with E-state index >= 15 is 0 Å². The molecule has 0 atom stereocenters. The highest BCUT2D eigenvalue weighted by atomic mass is 16.3. The minimum atomic E-state index is -0.331. The number of anilines is 1. The maximum atomic E-state index is 13.4. The molecule has 0 radical (unpaired) electrons. The van der Waals surface area contributed by atoms with Crippen LogP contribution in [0.1, 0.15) is 78.4 Å². The van der Waals surface area contributed by atoms with Gasteiger partial charge in [-0.2, -0.15) is 5.10 Å². The van der Waals surface area contributed by atoms with Gasteiger partial charge in [0.1, 0.15) is 0 Å². The molecule has 2 amide bonds. The fraction of sp³-hybridized carbons (Fsp3) is 0.333. The molecule has 35 heavy (non-hydrogen) atoms. The van der Waals surface area contributed by atoms with Crippen LogP contribution in [0.5, 0.6) is 0 Å². The first-order valence-corrected chi connectivity index (χ1v) is 11.7. The third kappa shape index (κ3) is 5.11. The molecule has 2 N–H and O–H groups in total. The van der Waals surface area contributed by atoms with E-state index in [4.69, 9.17) is 14.5 Å². The molecule has 8 heteroatoms. The van der Waals surface area contributed by atoms with Crippen molar-refractivity contribution in [1.29, 1.82) is 0 Å². The van der Waals surface area contributed by atoms with Gasteiger partial charge in [-0.15, -0.1) is 0 Å². The Balaban J connectivity index is 1.59. The third-order valence-electron chi connectivity index (χ3n) is 5.69. The Bertz CT molecular complexity index is 1380. The Morgan fingerprint density at radius 3 is 2.51 bits per heavy atom. The summed E-state index contributed by atoms with van der Waals surface area (Å²) in [7, 11) is 0. The fourth-order valence-corrected chi connectivity index (χ4v) is 3.89. The number of pyridine rings is 1. The molecule has 0 spiro atoms. The van der Waals surface area contributed by atoms with Crippen LogP contribution in [0.4, 0.5) is 5.69 Å². The number of hydrogen-bond donors (Lipinski definition) is 2. The number of hydrogen-bond acceptors (Lipinski definition) is 5. The summed E-state index contributed by atoms with van der Waals surface area (Å²) in [4.78, 5) is 30.5. The maximum absolute atomic E-state index is 13.4. The summed E-state index contributed by atoms with van der Waals surface area (Å²) in [6, 6.07) is 12.5. The molecule has 0 unspecified atom stereocenters. The lowest BCUT2D eigenvalue weighted by molar-refractivity contribution is 0.0950. The second-order valence-electron chi connectivity index (χ2n) is 9.93. The van der Waals surface area contributed by atoms with Gasteiger partial charge < -0.3 is 15.1 Å². The zero-order valence-corrected chi connectivity index (χ0v) is 21.0. The first kappa shape index (κ1) is 24.2. The van der Waals surface area contributed by atoms with Gasteiger partial charge in [0, 0.05) is 17.9 Å². The van der Waals surface area contributed by atoms with Gasteiger partial charge in [-0.1, -0.05) is 26.0 Å². The lowest BCUT2D eigenvalue weighted by atomic mass is 10.0. The van der Waals surface area contributed by atoms with Crippen LogP contribution in [0.2, 0.25) is 0 Å². The molecule has 0 aliphatic rings. The number of aryl methyl sites for hydroxylation is 1. The molecular weight excluding hydrogens is 442 g/mol. The van der Waals surface area contributed by atoms with Gasteiger partial charge >= 0.3 is 0 Å². The largest absolute Gasteiger partial charge is 0.459 e. The quantitative estimate of drug-likeness (QED) is 0.391. The van der Waals surface area contributed by atoms with Crippen molar-refractivity contribution in [3.8, 4) is 0 Å². The fourth-order valence-electron chi connectivity index (χ4n) is 3.89. The topological polar surface area (TPSA) is 102 Å². The Morgan fingerprint density at radius 2 is 1.86 bits per heavy atom. The number of nitrogens with zero attached hydrogens (tertiary/aromatic N) is 3. The molecule has 8 nitrogen and oxygen atoms in total. The lowest BCUT2D eigenvalue weighted by Gasteiger charge is -2.20. The smallest absolute Gasteiger partial charge is 0.291 e. The standard InChI is InChI=1S/C27H31N5O3/c1-16(2)21-14-20(23-17(3)31-32(24(23)30-21)27(4,5)6)25(33)28-15-18-9-7-10-19(13-18)29-26(34)22-11-8-12-35-22/h7-14,16H,15H2,1-6H3,(H,28,33)(H,29,34). The predicted molar refractivity (Wildman–Crippen MR) is 136 cm³/mol. The molecule has 3 heterocycles.